The predicted molar refractivity (Wildman–Crippen MR) is 79.3 cm³/mol. The highest BCUT2D eigenvalue weighted by atomic mass is 35.5. The molecule has 0 atom stereocenters. The second-order valence-corrected chi connectivity index (χ2v) is 5.66. The van der Waals surface area contributed by atoms with Gasteiger partial charge in [0.25, 0.3) is 5.69 Å². The predicted octanol–water partition coefficient (Wildman–Crippen LogP) is 4.23. The molecule has 0 aliphatic rings. The van der Waals surface area contributed by atoms with Crippen molar-refractivity contribution in [3.8, 4) is 10.4 Å². The summed E-state index contributed by atoms with van der Waals surface area (Å²) in [7, 11) is 0. The van der Waals surface area contributed by atoms with Gasteiger partial charge in [0.1, 0.15) is 11.5 Å². The summed E-state index contributed by atoms with van der Waals surface area (Å²) in [6.45, 7) is 1.72. The van der Waals surface area contributed by atoms with E-state index in [1.807, 2.05) is 12.1 Å². The number of hydrogen-bond donors (Lipinski definition) is 0. The van der Waals surface area contributed by atoms with Crippen LogP contribution in [0.15, 0.2) is 30.6 Å². The Morgan fingerprint density at radius 1 is 1.30 bits per heavy atom. The van der Waals surface area contributed by atoms with E-state index in [0.29, 0.717) is 10.7 Å². The molecule has 3 rings (SSSR count). The molecule has 0 unspecified atom stereocenters. The molecular formula is C13H8ClN3O2S. The second kappa shape index (κ2) is 4.81. The van der Waals surface area contributed by atoms with E-state index in [0.717, 1.165) is 20.7 Å². The first-order chi connectivity index (χ1) is 9.56. The van der Waals surface area contributed by atoms with Crippen molar-refractivity contribution in [3.63, 3.8) is 0 Å². The van der Waals surface area contributed by atoms with Crippen molar-refractivity contribution < 1.29 is 4.92 Å². The summed E-state index contributed by atoms with van der Waals surface area (Å²) >= 11 is 7.44. The minimum absolute atomic E-state index is 0.108. The maximum atomic E-state index is 11.0. The van der Waals surface area contributed by atoms with Crippen LogP contribution >= 0.6 is 22.9 Å². The molecule has 0 radical (unpaired) electrons. The van der Waals surface area contributed by atoms with Crippen molar-refractivity contribution in [2.24, 2.45) is 0 Å². The van der Waals surface area contributed by atoms with Crippen LogP contribution in [0.4, 0.5) is 5.69 Å². The van der Waals surface area contributed by atoms with E-state index in [2.05, 4.69) is 9.97 Å². The molecule has 0 spiro atoms. The number of nitrogens with zero attached hydrogens (tertiary/aromatic N) is 3. The van der Waals surface area contributed by atoms with Gasteiger partial charge in [-0.25, -0.2) is 9.97 Å². The number of fused-ring (bicyclic) bond motifs is 1. The van der Waals surface area contributed by atoms with Gasteiger partial charge in [-0.2, -0.15) is 0 Å². The van der Waals surface area contributed by atoms with E-state index in [1.165, 1.54) is 17.7 Å². The molecule has 0 N–H and O–H groups in total. The van der Waals surface area contributed by atoms with Crippen LogP contribution in [0.1, 0.15) is 5.56 Å². The lowest BCUT2D eigenvalue weighted by atomic mass is 10.1. The first kappa shape index (κ1) is 13.0. The number of hydrogen-bond acceptors (Lipinski definition) is 5. The summed E-state index contributed by atoms with van der Waals surface area (Å²) in [5.41, 5.74) is 2.27. The molecule has 7 heteroatoms. The highest BCUT2D eigenvalue weighted by molar-refractivity contribution is 7.22. The summed E-state index contributed by atoms with van der Waals surface area (Å²) in [5.74, 6) is 0. The highest BCUT2D eigenvalue weighted by Crippen LogP contribution is 2.36. The summed E-state index contributed by atoms with van der Waals surface area (Å²) in [4.78, 5) is 19.6. The zero-order valence-electron chi connectivity index (χ0n) is 10.3. The van der Waals surface area contributed by atoms with Crippen molar-refractivity contribution in [2.45, 2.75) is 6.92 Å². The van der Waals surface area contributed by atoms with Gasteiger partial charge < -0.3 is 0 Å². The Morgan fingerprint density at radius 2 is 2.10 bits per heavy atom. The normalized spacial score (nSPS) is 10.9. The third kappa shape index (κ3) is 2.13. The molecule has 0 aliphatic heterocycles. The number of nitro groups is 1. The number of aromatic nitrogens is 2. The van der Waals surface area contributed by atoms with Crippen LogP contribution in [0.25, 0.3) is 20.7 Å². The van der Waals surface area contributed by atoms with Crippen LogP contribution in [0.5, 0.6) is 0 Å². The summed E-state index contributed by atoms with van der Waals surface area (Å²) in [6, 6.07) is 7.03. The van der Waals surface area contributed by atoms with Crippen LogP contribution in [0.2, 0.25) is 5.15 Å². The fraction of sp³-hybridized carbons (Fsp3) is 0.0769. The van der Waals surface area contributed by atoms with Crippen molar-refractivity contribution in [1.82, 2.24) is 9.97 Å². The van der Waals surface area contributed by atoms with E-state index >= 15 is 0 Å². The number of nitro benzene ring substituents is 1. The minimum atomic E-state index is -0.376. The SMILES string of the molecule is Cc1ccc(-c2cc3ncnc(Cl)c3s2)cc1[N+](=O)[O-]. The van der Waals surface area contributed by atoms with Gasteiger partial charge in [-0.3, -0.25) is 10.1 Å². The number of aryl methyl sites for hydroxylation is 1. The monoisotopic (exact) mass is 305 g/mol. The van der Waals surface area contributed by atoms with Crippen molar-refractivity contribution >= 4 is 38.8 Å². The minimum Gasteiger partial charge on any atom is -0.258 e. The molecule has 20 heavy (non-hydrogen) atoms. The third-order valence-electron chi connectivity index (χ3n) is 2.96. The first-order valence-electron chi connectivity index (χ1n) is 5.71. The summed E-state index contributed by atoms with van der Waals surface area (Å²) in [6.07, 6.45) is 1.40. The maximum Gasteiger partial charge on any atom is 0.272 e. The Bertz CT molecular complexity index is 832. The van der Waals surface area contributed by atoms with Gasteiger partial charge >= 0.3 is 0 Å². The van der Waals surface area contributed by atoms with Crippen LogP contribution in [0.3, 0.4) is 0 Å². The average molecular weight is 306 g/mol. The van der Waals surface area contributed by atoms with Crippen LogP contribution in [-0.4, -0.2) is 14.9 Å². The molecule has 100 valence electrons. The van der Waals surface area contributed by atoms with Crippen molar-refractivity contribution in [1.29, 1.82) is 0 Å². The molecular weight excluding hydrogens is 298 g/mol. The van der Waals surface area contributed by atoms with Crippen molar-refractivity contribution in [3.05, 3.63) is 51.4 Å². The Balaban J connectivity index is 2.18. The zero-order chi connectivity index (χ0) is 14.3. The van der Waals surface area contributed by atoms with Gasteiger partial charge in [0.2, 0.25) is 0 Å². The molecule has 3 aromatic rings. The molecule has 0 saturated carbocycles. The molecule has 5 nitrogen and oxygen atoms in total. The molecule has 2 heterocycles. The lowest BCUT2D eigenvalue weighted by Gasteiger charge is -2.00. The van der Waals surface area contributed by atoms with Crippen molar-refractivity contribution in [2.75, 3.05) is 0 Å². The molecule has 0 fully saturated rings. The van der Waals surface area contributed by atoms with Gasteiger partial charge in [-0.15, -0.1) is 11.3 Å². The van der Waals surface area contributed by atoms with Gasteiger partial charge in [0.15, 0.2) is 0 Å². The molecule has 2 aromatic heterocycles. The second-order valence-electron chi connectivity index (χ2n) is 4.25. The Hall–Kier alpha value is -2.05. The Labute approximate surface area is 123 Å². The number of benzene rings is 1. The van der Waals surface area contributed by atoms with Gasteiger partial charge in [-0.05, 0) is 18.6 Å². The summed E-state index contributed by atoms with van der Waals surface area (Å²) < 4.78 is 0.785. The number of halogens is 1. The quantitative estimate of drug-likeness (QED) is 0.403. The van der Waals surface area contributed by atoms with Gasteiger partial charge in [0, 0.05) is 16.5 Å². The lowest BCUT2D eigenvalue weighted by Crippen LogP contribution is -1.91. The highest BCUT2D eigenvalue weighted by Gasteiger charge is 2.14. The fourth-order valence-corrected chi connectivity index (χ4v) is 3.17. The molecule has 0 amide bonds. The van der Waals surface area contributed by atoms with Crippen LogP contribution < -0.4 is 0 Å². The molecule has 0 saturated heterocycles. The smallest absolute Gasteiger partial charge is 0.258 e. The third-order valence-corrected chi connectivity index (χ3v) is 4.54. The number of thiophene rings is 1. The Morgan fingerprint density at radius 3 is 2.80 bits per heavy atom. The standard InChI is InChI=1S/C13H8ClN3O2S/c1-7-2-3-8(4-10(7)17(18)19)11-5-9-12(20-11)13(14)16-6-15-9/h2-6H,1H3. The largest absolute Gasteiger partial charge is 0.272 e. The van der Waals surface area contributed by atoms with E-state index in [-0.39, 0.29) is 10.6 Å². The number of rotatable bonds is 2. The fourth-order valence-electron chi connectivity index (χ4n) is 1.93. The van der Waals surface area contributed by atoms with Gasteiger partial charge in [-0.1, -0.05) is 23.7 Å². The average Bonchev–Trinajstić information content (AvgIpc) is 2.84. The first-order valence-corrected chi connectivity index (χ1v) is 6.91. The van der Waals surface area contributed by atoms with Gasteiger partial charge in [0.05, 0.1) is 15.1 Å². The topological polar surface area (TPSA) is 68.9 Å². The van der Waals surface area contributed by atoms with Crippen LogP contribution in [-0.2, 0) is 0 Å². The Kier molecular flexibility index (Phi) is 3.11. The molecule has 0 aliphatic carbocycles. The molecule has 1 aromatic carbocycles. The maximum absolute atomic E-state index is 11.0. The van der Waals surface area contributed by atoms with E-state index in [9.17, 15) is 10.1 Å². The van der Waals surface area contributed by atoms with E-state index < -0.39 is 0 Å². The lowest BCUT2D eigenvalue weighted by molar-refractivity contribution is -0.385. The zero-order valence-corrected chi connectivity index (χ0v) is 11.9. The summed E-state index contributed by atoms with van der Waals surface area (Å²) in [5, 5.41) is 11.4. The van der Waals surface area contributed by atoms with Crippen LogP contribution in [0, 0.1) is 17.0 Å². The van der Waals surface area contributed by atoms with E-state index in [1.54, 1.807) is 19.1 Å². The van der Waals surface area contributed by atoms with E-state index in [4.69, 9.17) is 11.6 Å². The molecule has 0 bridgehead atoms.